The monoisotopic (exact) mass is 1280 g/mol. The number of hydrogen-bond acceptors (Lipinski definition) is 26. The molecule has 30 heteroatoms. The maximum absolute atomic E-state index is 13.5. The lowest BCUT2D eigenvalue weighted by Gasteiger charge is -2.44. The SMILES string of the molecule is CCN[C@H]1C[C@H](C)S(=O)(=O)c2sc(S(=O)(=O)NC(=O)[C@H](C)OC(=O)[C@H](C)OC(=O)[C@H](C)OC(=O)[C@H](C)OC(=O)[C@H](C)OC(=O)[C@H](C)OC(=O)[C@H](C)OC(=O)[C@H](C)OC(=O)[C@H](C)OC(=O)[C@H](C)O[Si](c3ccccc3)(c3ccccc3)C(C)(C)C)cc21. The molecule has 1 aromatic heterocycles. The molecular formula is C56H74N2O24S3Si. The average Bonchev–Trinajstić information content (AvgIpc) is 1.25. The van der Waals surface area contributed by atoms with E-state index in [9.17, 15) is 64.8 Å². The number of nitrogens with one attached hydrogen (secondary N) is 2. The number of ether oxygens (including phenoxy) is 9. The minimum atomic E-state index is -4.66. The van der Waals surface area contributed by atoms with Crippen LogP contribution in [0.4, 0.5) is 0 Å². The molecule has 12 atom stereocenters. The largest absolute Gasteiger partial charge is 0.450 e. The number of thiophene rings is 1. The average molecular weight is 1280 g/mol. The first-order valence-electron chi connectivity index (χ1n) is 27.2. The fraction of sp³-hybridized carbons (Fsp3) is 0.536. The Morgan fingerprint density at radius 3 is 1.14 bits per heavy atom. The van der Waals surface area contributed by atoms with Gasteiger partial charge in [-0.2, -0.15) is 0 Å². The number of sulfone groups is 1. The van der Waals surface area contributed by atoms with Crippen molar-refractivity contribution >= 4 is 110 Å². The molecule has 2 heterocycles. The van der Waals surface area contributed by atoms with Gasteiger partial charge in [-0.3, -0.25) is 4.79 Å². The smallest absolute Gasteiger partial charge is 0.347 e. The third kappa shape index (κ3) is 18.0. The molecule has 2 aromatic carbocycles. The van der Waals surface area contributed by atoms with Crippen LogP contribution in [-0.4, -0.2) is 158 Å². The highest BCUT2D eigenvalue weighted by Gasteiger charge is 2.52. The molecule has 0 unspecified atom stereocenters. The predicted octanol–water partition coefficient (Wildman–Crippen LogP) is 3.12. The highest BCUT2D eigenvalue weighted by molar-refractivity contribution is 7.95. The number of sulfonamides is 1. The van der Waals surface area contributed by atoms with E-state index in [0.29, 0.717) is 17.9 Å². The standard InChI is InChI=1S/C56H74N2O24S3Si/c1-16-57-43-27-29(2)84(69,70)55-42(43)28-44(83-55)85(71,72)58-45(59)30(3)73-46(60)31(4)74-47(61)32(5)75-48(62)33(6)76-49(63)34(7)77-50(64)35(8)78-51(65)36(9)79-52(66)37(10)80-53(67)38(11)81-54(68)39(12)82-86(56(13,14)15,40-23-19-17-20-24-40)41-25-21-18-22-26-41/h17-26,28-39,43,57H,16,27H2,1-15H3,(H,58,59)/t29-,30-,31-,32-,33-,34-,35-,36-,37-,38-,39-,43-/m0/s1. The molecule has 3 aromatic rings. The lowest BCUT2D eigenvalue weighted by atomic mass is 10.1. The van der Waals surface area contributed by atoms with Gasteiger partial charge in [0.05, 0.1) is 5.25 Å². The number of fused-ring (bicyclic) bond motifs is 1. The summed E-state index contributed by atoms with van der Waals surface area (Å²) in [6, 6.07) is 19.7. The molecule has 1 aliphatic heterocycles. The summed E-state index contributed by atoms with van der Waals surface area (Å²) in [7, 11) is -11.7. The molecule has 0 aliphatic carbocycles. The van der Waals surface area contributed by atoms with E-state index < -0.39 is 169 Å². The van der Waals surface area contributed by atoms with Gasteiger partial charge in [0.15, 0.2) is 64.8 Å². The summed E-state index contributed by atoms with van der Waals surface area (Å²) >= 11 is 0.468. The van der Waals surface area contributed by atoms with Crippen LogP contribution in [0, 0.1) is 0 Å². The number of hydrogen-bond donors (Lipinski definition) is 2. The Kier molecular flexibility index (Phi) is 24.9. The minimum absolute atomic E-state index is 0.154. The van der Waals surface area contributed by atoms with E-state index in [1.807, 2.05) is 81.4 Å². The van der Waals surface area contributed by atoms with Gasteiger partial charge in [0.1, 0.15) is 14.5 Å². The topological polar surface area (TPSA) is 355 Å². The Morgan fingerprint density at radius 1 is 0.535 bits per heavy atom. The van der Waals surface area contributed by atoms with E-state index in [4.69, 9.17) is 47.1 Å². The van der Waals surface area contributed by atoms with Crippen LogP contribution in [0.5, 0.6) is 0 Å². The first kappa shape index (κ1) is 71.4. The van der Waals surface area contributed by atoms with Crippen molar-refractivity contribution in [1.29, 1.82) is 0 Å². The van der Waals surface area contributed by atoms with E-state index in [2.05, 4.69) is 5.32 Å². The van der Waals surface area contributed by atoms with Crippen molar-refractivity contribution < 1.29 is 112 Å². The molecule has 474 valence electrons. The Bertz CT molecular complexity index is 3160. The molecule has 1 aliphatic rings. The molecule has 1 amide bonds. The summed E-state index contributed by atoms with van der Waals surface area (Å²) < 4.78 is 106. The zero-order valence-corrected chi connectivity index (χ0v) is 53.7. The van der Waals surface area contributed by atoms with Crippen molar-refractivity contribution in [2.45, 2.75) is 196 Å². The number of carbonyl (C=O) groups is 10. The maximum Gasteiger partial charge on any atom is 0.347 e. The van der Waals surface area contributed by atoms with Crippen molar-refractivity contribution in [3.63, 3.8) is 0 Å². The number of benzene rings is 2. The maximum atomic E-state index is 13.5. The third-order valence-corrected chi connectivity index (χ3v) is 24.0. The van der Waals surface area contributed by atoms with Gasteiger partial charge in [0.2, 0.25) is 0 Å². The highest BCUT2D eigenvalue weighted by atomic mass is 32.3. The van der Waals surface area contributed by atoms with Gasteiger partial charge in [-0.25, -0.2) is 64.7 Å². The fourth-order valence-electron chi connectivity index (χ4n) is 8.31. The van der Waals surface area contributed by atoms with Gasteiger partial charge in [0.25, 0.3) is 24.2 Å². The van der Waals surface area contributed by atoms with Crippen LogP contribution in [0.1, 0.15) is 122 Å². The third-order valence-electron chi connectivity index (χ3n) is 13.1. The molecule has 26 nitrogen and oxygen atoms in total. The Morgan fingerprint density at radius 2 is 0.837 bits per heavy atom. The van der Waals surface area contributed by atoms with Crippen molar-refractivity contribution in [2.24, 2.45) is 0 Å². The van der Waals surface area contributed by atoms with Crippen LogP contribution >= 0.6 is 11.3 Å². The molecule has 86 heavy (non-hydrogen) atoms. The van der Waals surface area contributed by atoms with Gasteiger partial charge in [0, 0.05) is 11.6 Å². The van der Waals surface area contributed by atoms with Crippen LogP contribution in [0.15, 0.2) is 75.1 Å². The molecule has 0 bridgehead atoms. The second kappa shape index (κ2) is 30.0. The molecule has 0 fully saturated rings. The van der Waals surface area contributed by atoms with Gasteiger partial charge >= 0.3 is 53.7 Å². The van der Waals surface area contributed by atoms with E-state index in [0.717, 1.165) is 71.8 Å². The Hall–Kier alpha value is -7.12. The summed E-state index contributed by atoms with van der Waals surface area (Å²) in [5.74, 6) is -12.4. The molecule has 0 saturated heterocycles. The lowest BCUT2D eigenvalue weighted by molar-refractivity contribution is -0.189. The van der Waals surface area contributed by atoms with Gasteiger partial charge < -0.3 is 52.4 Å². The number of carbonyl (C=O) groups excluding carboxylic acids is 10. The number of esters is 9. The van der Waals surface area contributed by atoms with E-state index >= 15 is 0 Å². The zero-order chi connectivity index (χ0) is 65.0. The van der Waals surface area contributed by atoms with Gasteiger partial charge in [-0.15, -0.1) is 11.3 Å². The second-order valence-corrected chi connectivity index (χ2v) is 30.9. The van der Waals surface area contributed by atoms with Gasteiger partial charge in [-0.1, -0.05) is 88.4 Å². The van der Waals surface area contributed by atoms with Crippen LogP contribution in [-0.2, 0) is 115 Å². The zero-order valence-electron chi connectivity index (χ0n) is 50.2. The molecule has 4 rings (SSSR count). The molecule has 0 radical (unpaired) electrons. The summed E-state index contributed by atoms with van der Waals surface area (Å²) in [4.78, 5) is 129. The predicted molar refractivity (Wildman–Crippen MR) is 305 cm³/mol. The molecular weight excluding hydrogens is 1210 g/mol. The number of amides is 1. The van der Waals surface area contributed by atoms with E-state index in [1.165, 1.54) is 20.8 Å². The summed E-state index contributed by atoms with van der Waals surface area (Å²) in [5.41, 5.74) is 0.242. The fourth-order valence-corrected chi connectivity index (χ4v) is 18.0. The van der Waals surface area contributed by atoms with Crippen LogP contribution in [0.2, 0.25) is 5.04 Å². The van der Waals surface area contributed by atoms with Crippen LogP contribution < -0.4 is 20.4 Å². The molecule has 0 spiro atoms. The first-order chi connectivity index (χ1) is 39.9. The summed E-state index contributed by atoms with van der Waals surface area (Å²) in [6.07, 6.45) is -16.3. The highest BCUT2D eigenvalue weighted by Crippen LogP contribution is 2.43. The van der Waals surface area contributed by atoms with Crippen LogP contribution in [0.3, 0.4) is 0 Å². The van der Waals surface area contributed by atoms with Crippen molar-refractivity contribution in [1.82, 2.24) is 10.0 Å². The van der Waals surface area contributed by atoms with Crippen molar-refractivity contribution in [3.05, 3.63) is 72.3 Å². The Labute approximate surface area is 504 Å². The lowest BCUT2D eigenvalue weighted by Crippen LogP contribution is -2.68. The van der Waals surface area contributed by atoms with Gasteiger partial charge in [-0.05, 0) is 111 Å². The molecule has 2 N–H and O–H groups in total. The molecule has 0 saturated carbocycles. The van der Waals surface area contributed by atoms with E-state index in [-0.39, 0.29) is 16.2 Å². The summed E-state index contributed by atoms with van der Waals surface area (Å²) in [6.45, 7) is 21.0. The van der Waals surface area contributed by atoms with Crippen molar-refractivity contribution in [3.8, 4) is 0 Å². The minimum Gasteiger partial charge on any atom is -0.450 e. The van der Waals surface area contributed by atoms with Crippen LogP contribution in [0.25, 0.3) is 0 Å². The summed E-state index contributed by atoms with van der Waals surface area (Å²) in [5, 5.41) is 3.64. The van der Waals surface area contributed by atoms with E-state index in [1.54, 1.807) is 11.6 Å². The quantitative estimate of drug-likeness (QED) is 0.0629. The second-order valence-electron chi connectivity index (χ2n) is 21.1. The first-order valence-corrected chi connectivity index (χ1v) is 33.0. The number of rotatable bonds is 27. The Balaban J connectivity index is 1.18. The van der Waals surface area contributed by atoms with Crippen molar-refractivity contribution in [2.75, 3.05) is 6.54 Å². The normalized spacial score (nSPS) is 18.3.